The van der Waals surface area contributed by atoms with Crippen molar-refractivity contribution in [3.63, 3.8) is 0 Å². The van der Waals surface area contributed by atoms with Gasteiger partial charge in [0.25, 0.3) is 0 Å². The average Bonchev–Trinajstić information content (AvgIpc) is 2.63. The number of nitrogens with two attached hydrogens (primary N) is 1. The Hall–Kier alpha value is -1.56. The standard InChI is InChI=1S/C10H11FN4S/c1-15-5-8(13-14-15)6-16-10-3-2-7(12)4-9(10)11/h2-5H,6,12H2,1H3. The summed E-state index contributed by atoms with van der Waals surface area (Å²) < 4.78 is 15.0. The smallest absolute Gasteiger partial charge is 0.138 e. The molecule has 0 saturated heterocycles. The van der Waals surface area contributed by atoms with Crippen molar-refractivity contribution in [1.82, 2.24) is 15.0 Å². The predicted octanol–water partition coefficient (Wildman–Crippen LogP) is 1.83. The molecule has 6 heteroatoms. The molecule has 0 fully saturated rings. The SMILES string of the molecule is Cn1cc(CSc2ccc(N)cc2F)nn1. The van der Waals surface area contributed by atoms with Gasteiger partial charge in [0.1, 0.15) is 5.82 Å². The van der Waals surface area contributed by atoms with Crippen molar-refractivity contribution < 1.29 is 4.39 Å². The van der Waals surface area contributed by atoms with Crippen LogP contribution in [0.15, 0.2) is 29.3 Å². The molecule has 0 radical (unpaired) electrons. The maximum absolute atomic E-state index is 13.4. The van der Waals surface area contributed by atoms with Gasteiger partial charge in [-0.15, -0.1) is 16.9 Å². The summed E-state index contributed by atoms with van der Waals surface area (Å²) in [6, 6.07) is 4.67. The second-order valence-corrected chi connectivity index (χ2v) is 4.38. The number of halogens is 1. The van der Waals surface area contributed by atoms with Gasteiger partial charge in [-0.1, -0.05) is 5.21 Å². The van der Waals surface area contributed by atoms with E-state index in [9.17, 15) is 4.39 Å². The zero-order chi connectivity index (χ0) is 11.5. The molecule has 16 heavy (non-hydrogen) atoms. The number of aryl methyl sites for hydroxylation is 1. The largest absolute Gasteiger partial charge is 0.399 e. The van der Waals surface area contributed by atoms with Crippen LogP contribution in [-0.2, 0) is 12.8 Å². The molecule has 0 aliphatic rings. The zero-order valence-corrected chi connectivity index (χ0v) is 9.54. The fourth-order valence-corrected chi connectivity index (χ4v) is 2.04. The molecular formula is C10H11FN4S. The van der Waals surface area contributed by atoms with Crippen LogP contribution in [0.5, 0.6) is 0 Å². The second-order valence-electron chi connectivity index (χ2n) is 3.36. The monoisotopic (exact) mass is 238 g/mol. The van der Waals surface area contributed by atoms with E-state index < -0.39 is 0 Å². The number of hydrogen-bond acceptors (Lipinski definition) is 4. The zero-order valence-electron chi connectivity index (χ0n) is 8.72. The van der Waals surface area contributed by atoms with E-state index in [0.717, 1.165) is 5.69 Å². The first kappa shape index (κ1) is 10.9. The van der Waals surface area contributed by atoms with Gasteiger partial charge in [-0.25, -0.2) is 4.39 Å². The number of hydrogen-bond donors (Lipinski definition) is 1. The third-order valence-corrected chi connectivity index (χ3v) is 3.06. The van der Waals surface area contributed by atoms with Crippen molar-refractivity contribution in [2.75, 3.05) is 5.73 Å². The van der Waals surface area contributed by atoms with E-state index in [0.29, 0.717) is 16.3 Å². The first-order chi connectivity index (χ1) is 7.65. The van der Waals surface area contributed by atoms with E-state index in [1.165, 1.54) is 17.8 Å². The molecule has 0 spiro atoms. The fourth-order valence-electron chi connectivity index (χ4n) is 1.25. The Kier molecular flexibility index (Phi) is 3.09. The van der Waals surface area contributed by atoms with Gasteiger partial charge in [0, 0.05) is 29.6 Å². The maximum atomic E-state index is 13.4. The first-order valence-corrected chi connectivity index (χ1v) is 5.67. The van der Waals surface area contributed by atoms with Gasteiger partial charge in [-0.05, 0) is 18.2 Å². The summed E-state index contributed by atoms with van der Waals surface area (Å²) in [5.74, 6) is 0.295. The lowest BCUT2D eigenvalue weighted by Crippen LogP contribution is -1.88. The van der Waals surface area contributed by atoms with Crippen LogP contribution in [0.2, 0.25) is 0 Å². The van der Waals surface area contributed by atoms with Crippen molar-refractivity contribution in [3.05, 3.63) is 35.9 Å². The van der Waals surface area contributed by atoms with Crippen LogP contribution in [0.3, 0.4) is 0 Å². The summed E-state index contributed by atoms with van der Waals surface area (Å²) in [6.45, 7) is 0. The third-order valence-electron chi connectivity index (χ3n) is 1.98. The van der Waals surface area contributed by atoms with Gasteiger partial charge >= 0.3 is 0 Å². The highest BCUT2D eigenvalue weighted by Crippen LogP contribution is 2.25. The Balaban J connectivity index is 2.04. The van der Waals surface area contributed by atoms with E-state index >= 15 is 0 Å². The van der Waals surface area contributed by atoms with E-state index in [1.54, 1.807) is 23.9 Å². The molecule has 0 bridgehead atoms. The Morgan fingerprint density at radius 2 is 2.31 bits per heavy atom. The fraction of sp³-hybridized carbons (Fsp3) is 0.200. The van der Waals surface area contributed by atoms with Crippen LogP contribution in [0.25, 0.3) is 0 Å². The number of benzene rings is 1. The lowest BCUT2D eigenvalue weighted by molar-refractivity contribution is 0.602. The number of anilines is 1. The highest BCUT2D eigenvalue weighted by atomic mass is 32.2. The molecule has 0 unspecified atom stereocenters. The molecule has 0 aliphatic heterocycles. The highest BCUT2D eigenvalue weighted by Gasteiger charge is 2.05. The lowest BCUT2D eigenvalue weighted by atomic mass is 10.3. The van der Waals surface area contributed by atoms with E-state index in [1.807, 2.05) is 6.20 Å². The number of aromatic nitrogens is 3. The van der Waals surface area contributed by atoms with Crippen molar-refractivity contribution in [2.24, 2.45) is 7.05 Å². The summed E-state index contributed by atoms with van der Waals surface area (Å²) in [5, 5.41) is 7.73. The second kappa shape index (κ2) is 4.52. The summed E-state index contributed by atoms with van der Waals surface area (Å²) in [6.07, 6.45) is 1.81. The molecule has 2 rings (SSSR count). The molecule has 0 amide bonds. The maximum Gasteiger partial charge on any atom is 0.138 e. The number of nitrogen functional groups attached to an aromatic ring is 1. The van der Waals surface area contributed by atoms with Crippen molar-refractivity contribution in [1.29, 1.82) is 0 Å². The topological polar surface area (TPSA) is 56.7 Å². The molecule has 2 aromatic rings. The van der Waals surface area contributed by atoms with Gasteiger partial charge in [0.15, 0.2) is 0 Å². The van der Waals surface area contributed by atoms with E-state index in [-0.39, 0.29) is 5.82 Å². The summed E-state index contributed by atoms with van der Waals surface area (Å²) in [7, 11) is 1.80. The minimum Gasteiger partial charge on any atom is -0.399 e. The molecule has 2 N–H and O–H groups in total. The number of nitrogens with zero attached hydrogens (tertiary/aromatic N) is 3. The van der Waals surface area contributed by atoms with Crippen LogP contribution in [0, 0.1) is 5.82 Å². The molecular weight excluding hydrogens is 227 g/mol. The summed E-state index contributed by atoms with van der Waals surface area (Å²) >= 11 is 1.38. The molecule has 0 atom stereocenters. The van der Waals surface area contributed by atoms with Crippen LogP contribution in [-0.4, -0.2) is 15.0 Å². The van der Waals surface area contributed by atoms with Gasteiger partial charge in [-0.2, -0.15) is 0 Å². The minimum atomic E-state index is -0.297. The molecule has 0 aliphatic carbocycles. The van der Waals surface area contributed by atoms with Crippen molar-refractivity contribution >= 4 is 17.4 Å². The third kappa shape index (κ3) is 2.52. The van der Waals surface area contributed by atoms with Crippen LogP contribution < -0.4 is 5.73 Å². The molecule has 84 valence electrons. The summed E-state index contributed by atoms with van der Waals surface area (Å²) in [4.78, 5) is 0.569. The molecule has 1 aromatic carbocycles. The van der Waals surface area contributed by atoms with Gasteiger partial charge in [0.2, 0.25) is 0 Å². The van der Waals surface area contributed by atoms with Gasteiger partial charge in [-0.3, -0.25) is 4.68 Å². The van der Waals surface area contributed by atoms with Crippen LogP contribution >= 0.6 is 11.8 Å². The van der Waals surface area contributed by atoms with Gasteiger partial charge in [0.05, 0.1) is 5.69 Å². The molecule has 0 saturated carbocycles. The Morgan fingerprint density at radius 1 is 1.50 bits per heavy atom. The predicted molar refractivity (Wildman–Crippen MR) is 61.4 cm³/mol. The number of rotatable bonds is 3. The molecule has 4 nitrogen and oxygen atoms in total. The van der Waals surface area contributed by atoms with E-state index in [4.69, 9.17) is 5.73 Å². The van der Waals surface area contributed by atoms with Crippen molar-refractivity contribution in [3.8, 4) is 0 Å². The average molecular weight is 238 g/mol. The molecule has 1 heterocycles. The first-order valence-electron chi connectivity index (χ1n) is 4.68. The summed E-state index contributed by atoms with van der Waals surface area (Å²) in [5.41, 5.74) is 6.72. The Morgan fingerprint density at radius 3 is 2.94 bits per heavy atom. The lowest BCUT2D eigenvalue weighted by Gasteiger charge is -2.01. The number of thioether (sulfide) groups is 1. The van der Waals surface area contributed by atoms with Crippen LogP contribution in [0.1, 0.15) is 5.69 Å². The quantitative estimate of drug-likeness (QED) is 0.654. The van der Waals surface area contributed by atoms with Crippen LogP contribution in [0.4, 0.5) is 10.1 Å². The Labute approximate surface area is 96.6 Å². The molecule has 1 aromatic heterocycles. The van der Waals surface area contributed by atoms with E-state index in [2.05, 4.69) is 10.3 Å². The Bertz CT molecular complexity index is 497. The highest BCUT2D eigenvalue weighted by molar-refractivity contribution is 7.98. The normalized spacial score (nSPS) is 10.6. The minimum absolute atomic E-state index is 0.297. The van der Waals surface area contributed by atoms with Crippen molar-refractivity contribution in [2.45, 2.75) is 10.6 Å². The van der Waals surface area contributed by atoms with Gasteiger partial charge < -0.3 is 5.73 Å².